The van der Waals surface area contributed by atoms with Crippen LogP contribution in [0.3, 0.4) is 0 Å². The van der Waals surface area contributed by atoms with Crippen LogP contribution < -0.4 is 21.7 Å². The van der Waals surface area contributed by atoms with Crippen LogP contribution in [-0.2, 0) is 6.42 Å². The molecular weight excluding hydrogens is 389 g/mol. The molecule has 1 unspecified atom stereocenters. The molecule has 0 radical (unpaired) electrons. The lowest BCUT2D eigenvalue weighted by Crippen LogP contribution is -2.54. The van der Waals surface area contributed by atoms with Crippen molar-refractivity contribution in [2.24, 2.45) is 11.7 Å². The molecule has 1 fully saturated rings. The monoisotopic (exact) mass is 411 g/mol. The molecule has 1 atom stereocenters. The number of hydrogen-bond donors (Lipinski definition) is 4. The molecule has 0 saturated carbocycles. The summed E-state index contributed by atoms with van der Waals surface area (Å²) >= 11 is 12.4. The summed E-state index contributed by atoms with van der Waals surface area (Å²) in [6, 6.07) is 5.35. The van der Waals surface area contributed by atoms with E-state index in [0.29, 0.717) is 34.6 Å². The molecule has 0 bridgehead atoms. The zero-order valence-corrected chi connectivity index (χ0v) is 16.3. The SMILES string of the molecule is NC1(Cc2cccc(Cl)c2Cl)C=C(NCC2CCNCC2)C([N+](=O)[O-])=CN1. The average molecular weight is 412 g/mol. The number of nitrogens with two attached hydrogens (primary N) is 1. The van der Waals surface area contributed by atoms with Crippen LogP contribution in [0.5, 0.6) is 0 Å². The Hall–Kier alpha value is -1.80. The first-order valence-electron chi connectivity index (χ1n) is 8.90. The molecule has 2 aliphatic heterocycles. The van der Waals surface area contributed by atoms with Crippen LogP contribution in [0.4, 0.5) is 0 Å². The summed E-state index contributed by atoms with van der Waals surface area (Å²) < 4.78 is 0. The van der Waals surface area contributed by atoms with Crippen molar-refractivity contribution in [3.05, 3.63) is 67.6 Å². The van der Waals surface area contributed by atoms with Crippen molar-refractivity contribution < 1.29 is 4.92 Å². The molecule has 2 heterocycles. The first kappa shape index (κ1) is 19.9. The van der Waals surface area contributed by atoms with Gasteiger partial charge in [-0.3, -0.25) is 10.1 Å². The van der Waals surface area contributed by atoms with E-state index in [9.17, 15) is 10.1 Å². The molecule has 0 spiro atoms. The Kier molecular flexibility index (Phi) is 6.26. The maximum Gasteiger partial charge on any atom is 0.307 e. The standard InChI is InChI=1S/C18H23Cl2N5O2/c19-14-3-1-2-13(17(14)20)8-18(21)9-15(16(11-24-18)25(26)27)23-10-12-4-6-22-7-5-12/h1-3,9,11-12,22-24H,4-8,10,21H2. The third kappa shape index (κ3) is 4.93. The number of nitrogens with one attached hydrogen (secondary N) is 3. The highest BCUT2D eigenvalue weighted by Crippen LogP contribution is 2.29. The van der Waals surface area contributed by atoms with Crippen LogP contribution in [0.2, 0.25) is 10.0 Å². The molecule has 1 aromatic rings. The highest BCUT2D eigenvalue weighted by atomic mass is 35.5. The summed E-state index contributed by atoms with van der Waals surface area (Å²) in [5.41, 5.74) is 6.63. The minimum atomic E-state index is -1.01. The van der Waals surface area contributed by atoms with E-state index in [2.05, 4.69) is 16.0 Å². The first-order valence-corrected chi connectivity index (χ1v) is 9.65. The molecule has 2 aliphatic rings. The van der Waals surface area contributed by atoms with Gasteiger partial charge in [0.05, 0.1) is 21.2 Å². The van der Waals surface area contributed by atoms with Gasteiger partial charge in [-0.05, 0) is 49.6 Å². The van der Waals surface area contributed by atoms with Crippen molar-refractivity contribution in [2.45, 2.75) is 24.9 Å². The Morgan fingerprint density at radius 3 is 2.78 bits per heavy atom. The molecule has 0 amide bonds. The van der Waals surface area contributed by atoms with Gasteiger partial charge in [-0.2, -0.15) is 0 Å². The van der Waals surface area contributed by atoms with E-state index in [1.165, 1.54) is 6.20 Å². The molecule has 3 rings (SSSR count). The molecule has 7 nitrogen and oxygen atoms in total. The van der Waals surface area contributed by atoms with Gasteiger partial charge < -0.3 is 21.7 Å². The lowest BCUT2D eigenvalue weighted by molar-refractivity contribution is -0.422. The maximum atomic E-state index is 11.4. The summed E-state index contributed by atoms with van der Waals surface area (Å²) in [6.07, 6.45) is 5.45. The predicted octanol–water partition coefficient (Wildman–Crippen LogP) is 2.39. The van der Waals surface area contributed by atoms with Gasteiger partial charge in [-0.25, -0.2) is 0 Å². The first-order chi connectivity index (χ1) is 12.9. The summed E-state index contributed by atoms with van der Waals surface area (Å²) in [5.74, 6) is 0.476. The summed E-state index contributed by atoms with van der Waals surface area (Å²) in [7, 11) is 0. The second-order valence-corrected chi connectivity index (χ2v) is 7.78. The van der Waals surface area contributed by atoms with Crippen LogP contribution in [-0.4, -0.2) is 30.2 Å². The molecule has 0 aromatic heterocycles. The predicted molar refractivity (Wildman–Crippen MR) is 107 cm³/mol. The summed E-state index contributed by atoms with van der Waals surface area (Å²) in [4.78, 5) is 11.0. The zero-order valence-electron chi connectivity index (χ0n) is 14.8. The number of dihydropyridines is 1. The lowest BCUT2D eigenvalue weighted by Gasteiger charge is -2.32. The quantitative estimate of drug-likeness (QED) is 0.423. The fraction of sp³-hybridized carbons (Fsp3) is 0.444. The fourth-order valence-corrected chi connectivity index (χ4v) is 3.78. The van der Waals surface area contributed by atoms with Crippen LogP contribution >= 0.6 is 23.2 Å². The van der Waals surface area contributed by atoms with E-state index in [4.69, 9.17) is 28.9 Å². The van der Waals surface area contributed by atoms with E-state index in [1.54, 1.807) is 18.2 Å². The molecule has 27 heavy (non-hydrogen) atoms. The van der Waals surface area contributed by atoms with E-state index >= 15 is 0 Å². The minimum absolute atomic E-state index is 0.0257. The van der Waals surface area contributed by atoms with Crippen molar-refractivity contribution in [1.29, 1.82) is 0 Å². The Labute approximate surface area is 168 Å². The number of piperidine rings is 1. The number of benzene rings is 1. The largest absolute Gasteiger partial charge is 0.379 e. The molecule has 9 heteroatoms. The van der Waals surface area contributed by atoms with Gasteiger partial charge in [0.25, 0.3) is 0 Å². The molecule has 1 aromatic carbocycles. The van der Waals surface area contributed by atoms with Crippen molar-refractivity contribution in [2.75, 3.05) is 19.6 Å². The number of hydrogen-bond acceptors (Lipinski definition) is 6. The van der Waals surface area contributed by atoms with Gasteiger partial charge in [-0.1, -0.05) is 35.3 Å². The maximum absolute atomic E-state index is 11.4. The third-order valence-electron chi connectivity index (χ3n) is 4.91. The summed E-state index contributed by atoms with van der Waals surface area (Å²) in [5, 5.41) is 21.8. The molecule has 146 valence electrons. The number of rotatable bonds is 6. The number of halogens is 2. The molecule has 1 saturated heterocycles. The van der Waals surface area contributed by atoms with Gasteiger partial charge in [0, 0.05) is 13.0 Å². The Morgan fingerprint density at radius 2 is 2.07 bits per heavy atom. The van der Waals surface area contributed by atoms with Gasteiger partial charge in [0.1, 0.15) is 11.4 Å². The van der Waals surface area contributed by atoms with Crippen molar-refractivity contribution in [1.82, 2.24) is 16.0 Å². The lowest BCUT2D eigenvalue weighted by atomic mass is 9.95. The van der Waals surface area contributed by atoms with E-state index in [-0.39, 0.29) is 5.70 Å². The van der Waals surface area contributed by atoms with Crippen LogP contribution in [0, 0.1) is 16.0 Å². The van der Waals surface area contributed by atoms with E-state index in [1.807, 2.05) is 6.07 Å². The van der Waals surface area contributed by atoms with Gasteiger partial charge >= 0.3 is 5.70 Å². The van der Waals surface area contributed by atoms with Crippen molar-refractivity contribution in [3.63, 3.8) is 0 Å². The van der Waals surface area contributed by atoms with Gasteiger partial charge in [0.2, 0.25) is 0 Å². The second-order valence-electron chi connectivity index (χ2n) is 6.99. The fourth-order valence-electron chi connectivity index (χ4n) is 3.39. The van der Waals surface area contributed by atoms with Crippen LogP contribution in [0.1, 0.15) is 18.4 Å². The Balaban J connectivity index is 1.78. The van der Waals surface area contributed by atoms with Gasteiger partial charge in [-0.15, -0.1) is 0 Å². The van der Waals surface area contributed by atoms with Gasteiger partial charge in [0.15, 0.2) is 0 Å². The molecule has 5 N–H and O–H groups in total. The van der Waals surface area contributed by atoms with Crippen molar-refractivity contribution in [3.8, 4) is 0 Å². The second kappa shape index (κ2) is 8.48. The third-order valence-corrected chi connectivity index (χ3v) is 5.76. The summed E-state index contributed by atoms with van der Waals surface area (Å²) in [6.45, 7) is 2.62. The minimum Gasteiger partial charge on any atom is -0.379 e. The highest BCUT2D eigenvalue weighted by molar-refractivity contribution is 6.42. The Bertz CT molecular complexity index is 777. The molecular formula is C18H23Cl2N5O2. The van der Waals surface area contributed by atoms with Crippen LogP contribution in [0.15, 0.2) is 41.9 Å². The highest BCUT2D eigenvalue weighted by Gasteiger charge is 2.33. The zero-order chi connectivity index (χ0) is 19.4. The van der Waals surface area contributed by atoms with Crippen LogP contribution in [0.25, 0.3) is 0 Å². The number of nitrogens with zero attached hydrogens (tertiary/aromatic N) is 1. The van der Waals surface area contributed by atoms with Crippen molar-refractivity contribution >= 4 is 23.2 Å². The average Bonchev–Trinajstić information content (AvgIpc) is 2.64. The normalized spacial score (nSPS) is 23.2. The number of nitro groups is 1. The van der Waals surface area contributed by atoms with E-state index in [0.717, 1.165) is 31.5 Å². The smallest absolute Gasteiger partial charge is 0.307 e. The molecule has 0 aliphatic carbocycles. The Morgan fingerprint density at radius 1 is 1.33 bits per heavy atom. The topological polar surface area (TPSA) is 105 Å². The van der Waals surface area contributed by atoms with E-state index < -0.39 is 10.6 Å².